The number of nitrogens with zero attached hydrogens (tertiary/aromatic N) is 1. The predicted molar refractivity (Wildman–Crippen MR) is 89.3 cm³/mol. The molecule has 3 rings (SSSR count). The maximum absolute atomic E-state index is 3.86. The van der Waals surface area contributed by atoms with Gasteiger partial charge in [-0.1, -0.05) is 50.1 Å². The quantitative estimate of drug-likeness (QED) is 0.885. The summed E-state index contributed by atoms with van der Waals surface area (Å²) in [6.45, 7) is 7.30. The smallest absolute Gasteiger partial charge is 0.0233 e. The molecular formula is C19H30N2. The van der Waals surface area contributed by atoms with Crippen molar-refractivity contribution < 1.29 is 0 Å². The van der Waals surface area contributed by atoms with Crippen LogP contribution in [-0.4, -0.2) is 30.6 Å². The number of benzene rings is 1. The minimum absolute atomic E-state index is 0.584. The number of hydrogen-bond donors (Lipinski definition) is 1. The zero-order valence-corrected chi connectivity index (χ0v) is 13.5. The summed E-state index contributed by atoms with van der Waals surface area (Å²) >= 11 is 0. The van der Waals surface area contributed by atoms with Crippen molar-refractivity contribution in [2.24, 2.45) is 5.41 Å². The Kier molecular flexibility index (Phi) is 4.97. The van der Waals surface area contributed by atoms with Crippen LogP contribution in [0.5, 0.6) is 0 Å². The van der Waals surface area contributed by atoms with Gasteiger partial charge in [-0.2, -0.15) is 0 Å². The molecule has 2 heteroatoms. The van der Waals surface area contributed by atoms with Crippen LogP contribution in [0, 0.1) is 5.41 Å². The number of hydrogen-bond acceptors (Lipinski definition) is 2. The van der Waals surface area contributed by atoms with Crippen LogP contribution in [0.4, 0.5) is 0 Å². The summed E-state index contributed by atoms with van der Waals surface area (Å²) in [5, 5.41) is 3.86. The van der Waals surface area contributed by atoms with Crippen LogP contribution in [0.1, 0.15) is 51.0 Å². The molecule has 0 amide bonds. The summed E-state index contributed by atoms with van der Waals surface area (Å²) in [7, 11) is 0. The molecule has 1 aliphatic carbocycles. The summed E-state index contributed by atoms with van der Waals surface area (Å²) < 4.78 is 0. The third-order valence-corrected chi connectivity index (χ3v) is 5.46. The second kappa shape index (κ2) is 6.93. The van der Waals surface area contributed by atoms with Crippen LogP contribution in [0.25, 0.3) is 0 Å². The van der Waals surface area contributed by atoms with Crippen LogP contribution in [0.15, 0.2) is 30.3 Å². The normalized spacial score (nSPS) is 23.5. The van der Waals surface area contributed by atoms with E-state index in [-0.39, 0.29) is 0 Å². The first-order chi connectivity index (χ1) is 10.2. The fourth-order valence-electron chi connectivity index (χ4n) is 3.93. The van der Waals surface area contributed by atoms with Crippen molar-refractivity contribution in [3.63, 3.8) is 0 Å². The monoisotopic (exact) mass is 286 g/mol. The molecule has 21 heavy (non-hydrogen) atoms. The van der Waals surface area contributed by atoms with Gasteiger partial charge in [-0.05, 0) is 49.8 Å². The van der Waals surface area contributed by atoms with E-state index in [0.717, 1.165) is 12.6 Å². The van der Waals surface area contributed by atoms with Gasteiger partial charge in [0, 0.05) is 19.1 Å². The Bertz CT molecular complexity index is 414. The highest BCUT2D eigenvalue weighted by molar-refractivity contribution is 5.14. The molecule has 1 aliphatic heterocycles. The summed E-state index contributed by atoms with van der Waals surface area (Å²) in [4.78, 5) is 2.60. The average molecular weight is 286 g/mol. The summed E-state index contributed by atoms with van der Waals surface area (Å²) in [5.41, 5.74) is 2.03. The highest BCUT2D eigenvalue weighted by Crippen LogP contribution is 2.36. The van der Waals surface area contributed by atoms with Crippen LogP contribution >= 0.6 is 0 Å². The Hall–Kier alpha value is -0.860. The standard InChI is InChI=1S/C19H30N2/c1-19(11-5-6-12-19)16-20-18-9-13-21(14-10-18)15-17-7-3-2-4-8-17/h2-4,7-8,18,20H,5-6,9-16H2,1H3. The first-order valence-electron chi connectivity index (χ1n) is 8.73. The van der Waals surface area contributed by atoms with Crippen LogP contribution in [-0.2, 0) is 6.54 Å². The van der Waals surface area contributed by atoms with E-state index in [1.165, 1.54) is 63.7 Å². The molecule has 0 radical (unpaired) electrons. The first-order valence-corrected chi connectivity index (χ1v) is 8.73. The Balaban J connectivity index is 1.39. The van der Waals surface area contributed by atoms with E-state index in [2.05, 4.69) is 47.5 Å². The second-order valence-electron chi connectivity index (χ2n) is 7.43. The van der Waals surface area contributed by atoms with E-state index < -0.39 is 0 Å². The van der Waals surface area contributed by atoms with E-state index in [0.29, 0.717) is 5.41 Å². The second-order valence-corrected chi connectivity index (χ2v) is 7.43. The average Bonchev–Trinajstić information content (AvgIpc) is 2.95. The molecule has 1 N–H and O–H groups in total. The van der Waals surface area contributed by atoms with Crippen molar-refractivity contribution in [2.45, 2.75) is 58.0 Å². The van der Waals surface area contributed by atoms with Gasteiger partial charge in [0.15, 0.2) is 0 Å². The fourth-order valence-corrected chi connectivity index (χ4v) is 3.93. The van der Waals surface area contributed by atoms with Gasteiger partial charge >= 0.3 is 0 Å². The Morgan fingerprint density at radius 3 is 2.43 bits per heavy atom. The van der Waals surface area contributed by atoms with Gasteiger partial charge < -0.3 is 5.32 Å². The Labute approximate surface area is 129 Å². The molecule has 1 saturated carbocycles. The van der Waals surface area contributed by atoms with Crippen LogP contribution < -0.4 is 5.32 Å². The van der Waals surface area contributed by atoms with Crippen molar-refractivity contribution in [3.8, 4) is 0 Å². The zero-order chi connectivity index (χ0) is 14.5. The van der Waals surface area contributed by atoms with Crippen LogP contribution in [0.2, 0.25) is 0 Å². The highest BCUT2D eigenvalue weighted by atomic mass is 15.1. The fraction of sp³-hybridized carbons (Fsp3) is 0.684. The summed E-state index contributed by atoms with van der Waals surface area (Å²) in [5.74, 6) is 0. The highest BCUT2D eigenvalue weighted by Gasteiger charge is 2.29. The molecule has 0 atom stereocenters. The Morgan fingerprint density at radius 1 is 1.10 bits per heavy atom. The number of nitrogens with one attached hydrogen (secondary N) is 1. The van der Waals surface area contributed by atoms with Crippen molar-refractivity contribution in [3.05, 3.63) is 35.9 Å². The van der Waals surface area contributed by atoms with Crippen molar-refractivity contribution in [1.29, 1.82) is 0 Å². The van der Waals surface area contributed by atoms with Crippen molar-refractivity contribution in [2.75, 3.05) is 19.6 Å². The van der Waals surface area contributed by atoms with Gasteiger partial charge in [0.05, 0.1) is 0 Å². The molecule has 2 fully saturated rings. The minimum atomic E-state index is 0.584. The van der Waals surface area contributed by atoms with Crippen molar-refractivity contribution in [1.82, 2.24) is 10.2 Å². The van der Waals surface area contributed by atoms with Gasteiger partial charge in [-0.3, -0.25) is 4.90 Å². The van der Waals surface area contributed by atoms with E-state index >= 15 is 0 Å². The number of piperidine rings is 1. The molecular weight excluding hydrogens is 256 g/mol. The first kappa shape index (κ1) is 15.1. The lowest BCUT2D eigenvalue weighted by Gasteiger charge is -2.34. The molecule has 1 aromatic carbocycles. The topological polar surface area (TPSA) is 15.3 Å². The molecule has 1 heterocycles. The SMILES string of the molecule is CC1(CNC2CCN(Cc3ccccc3)CC2)CCCC1. The molecule has 0 unspecified atom stereocenters. The van der Waals surface area contributed by atoms with Crippen LogP contribution in [0.3, 0.4) is 0 Å². The lowest BCUT2D eigenvalue weighted by Crippen LogP contribution is -2.44. The molecule has 1 aromatic rings. The number of likely N-dealkylation sites (tertiary alicyclic amines) is 1. The molecule has 1 saturated heterocycles. The van der Waals surface area contributed by atoms with Crippen molar-refractivity contribution >= 4 is 0 Å². The lowest BCUT2D eigenvalue weighted by atomic mass is 9.88. The molecule has 2 nitrogen and oxygen atoms in total. The Morgan fingerprint density at radius 2 is 1.76 bits per heavy atom. The van der Waals surface area contributed by atoms with E-state index in [1.807, 2.05) is 0 Å². The van der Waals surface area contributed by atoms with Gasteiger partial charge in [-0.25, -0.2) is 0 Å². The minimum Gasteiger partial charge on any atom is -0.313 e. The largest absolute Gasteiger partial charge is 0.313 e. The van der Waals surface area contributed by atoms with E-state index in [4.69, 9.17) is 0 Å². The third kappa shape index (κ3) is 4.31. The molecule has 0 bridgehead atoms. The van der Waals surface area contributed by atoms with Gasteiger partial charge in [-0.15, -0.1) is 0 Å². The zero-order valence-electron chi connectivity index (χ0n) is 13.5. The maximum atomic E-state index is 3.86. The summed E-state index contributed by atoms with van der Waals surface area (Å²) in [6, 6.07) is 11.6. The predicted octanol–water partition coefficient (Wildman–Crippen LogP) is 3.82. The lowest BCUT2D eigenvalue weighted by molar-refractivity contribution is 0.179. The summed E-state index contributed by atoms with van der Waals surface area (Å²) in [6.07, 6.45) is 8.34. The maximum Gasteiger partial charge on any atom is 0.0233 e. The van der Waals surface area contributed by atoms with Gasteiger partial charge in [0.25, 0.3) is 0 Å². The van der Waals surface area contributed by atoms with Gasteiger partial charge in [0.1, 0.15) is 0 Å². The van der Waals surface area contributed by atoms with E-state index in [9.17, 15) is 0 Å². The van der Waals surface area contributed by atoms with E-state index in [1.54, 1.807) is 0 Å². The number of rotatable bonds is 5. The molecule has 2 aliphatic rings. The molecule has 0 spiro atoms. The molecule has 0 aromatic heterocycles. The molecule has 116 valence electrons. The van der Waals surface area contributed by atoms with Gasteiger partial charge in [0.2, 0.25) is 0 Å². The third-order valence-electron chi connectivity index (χ3n) is 5.46.